The van der Waals surface area contributed by atoms with Gasteiger partial charge in [-0.25, -0.2) is 0 Å². The average molecular weight is 386 g/mol. The van der Waals surface area contributed by atoms with Crippen molar-refractivity contribution in [1.29, 1.82) is 0 Å². The van der Waals surface area contributed by atoms with Crippen LogP contribution in [0.5, 0.6) is 0 Å². The van der Waals surface area contributed by atoms with E-state index in [1.807, 2.05) is 19.2 Å². The molecule has 0 aliphatic carbocycles. The van der Waals surface area contributed by atoms with Gasteiger partial charge >= 0.3 is 0 Å². The molecule has 19 heavy (non-hydrogen) atoms. The van der Waals surface area contributed by atoms with E-state index in [4.69, 9.17) is 11.6 Å². The van der Waals surface area contributed by atoms with E-state index in [0.29, 0.717) is 6.04 Å². The molecule has 0 bridgehead atoms. The van der Waals surface area contributed by atoms with E-state index >= 15 is 0 Å². The predicted octanol–water partition coefficient (Wildman–Crippen LogP) is 4.32. The van der Waals surface area contributed by atoms with Crippen molar-refractivity contribution < 1.29 is 0 Å². The second-order valence-electron chi connectivity index (χ2n) is 4.65. The van der Waals surface area contributed by atoms with Crippen molar-refractivity contribution in [3.63, 3.8) is 0 Å². The van der Waals surface area contributed by atoms with Gasteiger partial charge in [0.05, 0.1) is 0 Å². The molecule has 2 aromatic rings. The van der Waals surface area contributed by atoms with E-state index in [2.05, 4.69) is 64.3 Å². The van der Waals surface area contributed by atoms with Crippen molar-refractivity contribution in [3.8, 4) is 0 Å². The minimum atomic E-state index is 0.446. The maximum Gasteiger partial charge on any atom is 0.0406 e. The number of halogens is 2. The number of hydrogen-bond acceptors (Lipinski definition) is 1. The molecule has 0 fully saturated rings. The topological polar surface area (TPSA) is 12.0 Å². The van der Waals surface area contributed by atoms with Gasteiger partial charge in [0.15, 0.2) is 0 Å². The van der Waals surface area contributed by atoms with Crippen LogP contribution in [0.4, 0.5) is 0 Å². The van der Waals surface area contributed by atoms with Crippen molar-refractivity contribution in [2.75, 3.05) is 7.05 Å². The second kappa shape index (κ2) is 7.27. The van der Waals surface area contributed by atoms with Gasteiger partial charge in [-0.2, -0.15) is 0 Å². The first-order chi connectivity index (χ1) is 9.17. The third-order valence-corrected chi connectivity index (χ3v) is 4.17. The number of hydrogen-bond donors (Lipinski definition) is 1. The van der Waals surface area contributed by atoms with Gasteiger partial charge in [-0.15, -0.1) is 0 Å². The summed E-state index contributed by atoms with van der Waals surface area (Å²) in [6.07, 6.45) is 2.05. The van der Waals surface area contributed by atoms with E-state index in [1.54, 1.807) is 0 Å². The van der Waals surface area contributed by atoms with Crippen LogP contribution in [-0.4, -0.2) is 13.1 Å². The van der Waals surface area contributed by atoms with Gasteiger partial charge < -0.3 is 5.32 Å². The molecule has 2 rings (SSSR count). The lowest BCUT2D eigenvalue weighted by Gasteiger charge is -2.16. The molecule has 1 unspecified atom stereocenters. The van der Waals surface area contributed by atoms with Gasteiger partial charge in [0.1, 0.15) is 0 Å². The van der Waals surface area contributed by atoms with Gasteiger partial charge in [0, 0.05) is 14.6 Å². The Bertz CT molecular complexity index is 460. The quantitative estimate of drug-likeness (QED) is 0.756. The lowest BCUT2D eigenvalue weighted by molar-refractivity contribution is 0.556. The smallest absolute Gasteiger partial charge is 0.0406 e. The van der Waals surface area contributed by atoms with Crippen molar-refractivity contribution in [1.82, 2.24) is 5.32 Å². The second-order valence-corrected chi connectivity index (χ2v) is 6.33. The summed E-state index contributed by atoms with van der Waals surface area (Å²) in [5, 5.41) is 4.19. The molecule has 1 nitrogen and oxygen atoms in total. The molecule has 1 atom stereocenters. The highest BCUT2D eigenvalue weighted by molar-refractivity contribution is 14.1. The molecule has 3 heteroatoms. The van der Waals surface area contributed by atoms with Gasteiger partial charge in [-0.05, 0) is 77.9 Å². The van der Waals surface area contributed by atoms with E-state index in [1.165, 1.54) is 14.7 Å². The molecular formula is C16H17ClIN. The van der Waals surface area contributed by atoms with Gasteiger partial charge in [-0.3, -0.25) is 0 Å². The summed E-state index contributed by atoms with van der Waals surface area (Å²) < 4.78 is 1.28. The Morgan fingerprint density at radius 3 is 1.89 bits per heavy atom. The summed E-state index contributed by atoms with van der Waals surface area (Å²) >= 11 is 8.24. The number of nitrogens with one attached hydrogen (secondary N) is 1. The van der Waals surface area contributed by atoms with E-state index in [-0.39, 0.29) is 0 Å². The van der Waals surface area contributed by atoms with Crippen LogP contribution < -0.4 is 5.32 Å². The van der Waals surface area contributed by atoms with Crippen LogP contribution in [-0.2, 0) is 12.8 Å². The Labute approximate surface area is 133 Å². The Hall–Kier alpha value is -0.580. The Kier molecular flexibility index (Phi) is 5.67. The summed E-state index contributed by atoms with van der Waals surface area (Å²) in [7, 11) is 2.02. The van der Waals surface area contributed by atoms with Crippen LogP contribution in [0, 0.1) is 3.57 Å². The molecule has 2 aromatic carbocycles. The van der Waals surface area contributed by atoms with Crippen LogP contribution in [0.25, 0.3) is 0 Å². The molecule has 0 amide bonds. The van der Waals surface area contributed by atoms with E-state index < -0.39 is 0 Å². The monoisotopic (exact) mass is 385 g/mol. The minimum Gasteiger partial charge on any atom is -0.316 e. The third-order valence-electron chi connectivity index (χ3n) is 3.20. The van der Waals surface area contributed by atoms with Crippen LogP contribution >= 0.6 is 34.2 Å². The lowest BCUT2D eigenvalue weighted by atomic mass is 9.99. The third kappa shape index (κ3) is 4.79. The highest BCUT2D eigenvalue weighted by Crippen LogP contribution is 2.14. The van der Waals surface area contributed by atoms with Crippen molar-refractivity contribution in [3.05, 3.63) is 68.3 Å². The lowest BCUT2D eigenvalue weighted by Crippen LogP contribution is -2.29. The van der Waals surface area contributed by atoms with Gasteiger partial charge in [-0.1, -0.05) is 35.9 Å². The largest absolute Gasteiger partial charge is 0.316 e. The van der Waals surface area contributed by atoms with Crippen molar-refractivity contribution in [2.45, 2.75) is 18.9 Å². The Morgan fingerprint density at radius 2 is 1.42 bits per heavy atom. The van der Waals surface area contributed by atoms with E-state index in [9.17, 15) is 0 Å². The SMILES string of the molecule is CNC(Cc1ccc(Cl)cc1)Cc1ccc(I)cc1. The van der Waals surface area contributed by atoms with Gasteiger partial charge in [0.2, 0.25) is 0 Å². The number of rotatable bonds is 5. The van der Waals surface area contributed by atoms with Crippen LogP contribution in [0.15, 0.2) is 48.5 Å². The molecule has 0 saturated carbocycles. The molecule has 0 saturated heterocycles. The van der Waals surface area contributed by atoms with Crippen LogP contribution in [0.2, 0.25) is 5.02 Å². The average Bonchev–Trinajstić information content (AvgIpc) is 2.43. The molecule has 100 valence electrons. The highest BCUT2D eigenvalue weighted by Gasteiger charge is 2.08. The molecule has 0 aromatic heterocycles. The first-order valence-corrected chi connectivity index (χ1v) is 7.79. The maximum absolute atomic E-state index is 5.91. The molecule has 0 spiro atoms. The fourth-order valence-corrected chi connectivity index (χ4v) is 2.57. The summed E-state index contributed by atoms with van der Waals surface area (Å²) in [6.45, 7) is 0. The van der Waals surface area contributed by atoms with Crippen LogP contribution in [0.1, 0.15) is 11.1 Å². The molecule has 0 heterocycles. The molecule has 0 aliphatic heterocycles. The number of benzene rings is 2. The fraction of sp³-hybridized carbons (Fsp3) is 0.250. The number of likely N-dealkylation sites (N-methyl/N-ethyl adjacent to an activating group) is 1. The normalized spacial score (nSPS) is 12.4. The zero-order chi connectivity index (χ0) is 13.7. The van der Waals surface area contributed by atoms with E-state index in [0.717, 1.165) is 17.9 Å². The summed E-state index contributed by atoms with van der Waals surface area (Å²) in [5.74, 6) is 0. The Morgan fingerprint density at radius 1 is 0.947 bits per heavy atom. The zero-order valence-electron chi connectivity index (χ0n) is 10.9. The van der Waals surface area contributed by atoms with Crippen molar-refractivity contribution in [2.24, 2.45) is 0 Å². The summed E-state index contributed by atoms with van der Waals surface area (Å²) in [5.41, 5.74) is 2.68. The first-order valence-electron chi connectivity index (χ1n) is 6.33. The molecule has 0 aliphatic rings. The Balaban J connectivity index is 2.00. The predicted molar refractivity (Wildman–Crippen MR) is 90.9 cm³/mol. The van der Waals surface area contributed by atoms with Crippen LogP contribution in [0.3, 0.4) is 0 Å². The van der Waals surface area contributed by atoms with Crippen molar-refractivity contribution >= 4 is 34.2 Å². The molecule has 1 N–H and O–H groups in total. The maximum atomic E-state index is 5.91. The van der Waals surface area contributed by atoms with Gasteiger partial charge in [0.25, 0.3) is 0 Å². The fourth-order valence-electron chi connectivity index (χ4n) is 2.09. The minimum absolute atomic E-state index is 0.446. The first kappa shape index (κ1) is 14.8. The molecule has 0 radical (unpaired) electrons. The zero-order valence-corrected chi connectivity index (χ0v) is 13.8. The highest BCUT2D eigenvalue weighted by atomic mass is 127. The summed E-state index contributed by atoms with van der Waals surface area (Å²) in [6, 6.07) is 17.3. The standard InChI is InChI=1S/C16H17ClIN/c1-19-16(10-12-2-6-14(17)7-3-12)11-13-4-8-15(18)9-5-13/h2-9,16,19H,10-11H2,1H3. The summed E-state index contributed by atoms with van der Waals surface area (Å²) in [4.78, 5) is 0. The molecular weight excluding hydrogens is 369 g/mol.